The van der Waals surface area contributed by atoms with Gasteiger partial charge in [-0.2, -0.15) is 0 Å². The Kier molecular flexibility index (Phi) is 7.56. The van der Waals surface area contributed by atoms with Gasteiger partial charge in [0.25, 0.3) is 0 Å². The van der Waals surface area contributed by atoms with Gasteiger partial charge in [-0.15, -0.1) is 0 Å². The summed E-state index contributed by atoms with van der Waals surface area (Å²) < 4.78 is 12.9. The Hall–Kier alpha value is -1.11. The van der Waals surface area contributed by atoms with Crippen molar-refractivity contribution in [1.82, 2.24) is 14.5 Å². The molecule has 1 saturated heterocycles. The second-order valence-electron chi connectivity index (χ2n) is 5.23. The summed E-state index contributed by atoms with van der Waals surface area (Å²) in [4.78, 5) is 6.83. The number of aromatic nitrogens is 2. The lowest BCUT2D eigenvalue weighted by Gasteiger charge is -2.26. The molecule has 0 saturated carbocycles. The van der Waals surface area contributed by atoms with Crippen LogP contribution < -0.4 is 5.32 Å². The predicted molar refractivity (Wildman–Crippen MR) is 83.7 cm³/mol. The van der Waals surface area contributed by atoms with Crippen molar-refractivity contribution in [1.29, 1.82) is 0 Å². The minimum absolute atomic E-state index is 0.788. The standard InChI is InChI=1S/C15H28N4O2/c1-2-20-12-4-8-19-9-6-17-15(19)16-5-3-7-18-10-13-21-14-11-18/h6,9H,2-5,7-8,10-14H2,1H3,(H,16,17). The van der Waals surface area contributed by atoms with Crippen LogP contribution in [0.5, 0.6) is 0 Å². The number of rotatable bonds is 10. The molecule has 120 valence electrons. The van der Waals surface area contributed by atoms with Gasteiger partial charge in [0.2, 0.25) is 5.95 Å². The average molecular weight is 296 g/mol. The van der Waals surface area contributed by atoms with E-state index in [2.05, 4.69) is 19.8 Å². The van der Waals surface area contributed by atoms with Gasteiger partial charge in [0.15, 0.2) is 0 Å². The van der Waals surface area contributed by atoms with Crippen LogP contribution in [0.3, 0.4) is 0 Å². The molecule has 1 N–H and O–H groups in total. The number of nitrogens with zero attached hydrogens (tertiary/aromatic N) is 3. The number of imidazole rings is 1. The molecule has 1 aromatic heterocycles. The quantitative estimate of drug-likeness (QED) is 0.662. The Bertz CT molecular complexity index is 378. The topological polar surface area (TPSA) is 51.5 Å². The molecular weight excluding hydrogens is 268 g/mol. The third-order valence-corrected chi connectivity index (χ3v) is 3.65. The lowest BCUT2D eigenvalue weighted by Crippen LogP contribution is -2.37. The van der Waals surface area contributed by atoms with E-state index in [0.29, 0.717) is 0 Å². The smallest absolute Gasteiger partial charge is 0.202 e. The fraction of sp³-hybridized carbons (Fsp3) is 0.800. The molecule has 0 unspecified atom stereocenters. The first-order valence-electron chi connectivity index (χ1n) is 8.03. The Morgan fingerprint density at radius 1 is 1.29 bits per heavy atom. The van der Waals surface area contributed by atoms with E-state index in [9.17, 15) is 0 Å². The number of hydrogen-bond donors (Lipinski definition) is 1. The molecular formula is C15H28N4O2. The van der Waals surface area contributed by atoms with Crippen molar-refractivity contribution in [3.63, 3.8) is 0 Å². The highest BCUT2D eigenvalue weighted by molar-refractivity contribution is 5.25. The summed E-state index contributed by atoms with van der Waals surface area (Å²) in [7, 11) is 0. The van der Waals surface area contributed by atoms with Gasteiger partial charge in [0, 0.05) is 51.8 Å². The zero-order chi connectivity index (χ0) is 14.8. The zero-order valence-corrected chi connectivity index (χ0v) is 13.1. The van der Waals surface area contributed by atoms with Crippen LogP contribution in [0.25, 0.3) is 0 Å². The molecule has 0 spiro atoms. The summed E-state index contributed by atoms with van der Waals surface area (Å²) >= 11 is 0. The molecule has 1 aromatic rings. The van der Waals surface area contributed by atoms with Gasteiger partial charge in [-0.1, -0.05) is 0 Å². The highest BCUT2D eigenvalue weighted by Gasteiger charge is 2.09. The number of nitrogens with one attached hydrogen (secondary N) is 1. The Balaban J connectivity index is 1.60. The summed E-state index contributed by atoms with van der Waals surface area (Å²) in [6.07, 6.45) is 6.03. The molecule has 1 aliphatic heterocycles. The number of aryl methyl sites for hydroxylation is 1. The summed E-state index contributed by atoms with van der Waals surface area (Å²) in [6.45, 7) is 10.5. The van der Waals surface area contributed by atoms with E-state index in [4.69, 9.17) is 9.47 Å². The van der Waals surface area contributed by atoms with Crippen LogP contribution in [-0.4, -0.2) is 67.1 Å². The van der Waals surface area contributed by atoms with Crippen molar-refractivity contribution in [3.05, 3.63) is 12.4 Å². The zero-order valence-electron chi connectivity index (χ0n) is 13.1. The maximum absolute atomic E-state index is 5.37. The SMILES string of the molecule is CCOCCCn1ccnc1NCCCN1CCOCC1. The molecule has 0 aromatic carbocycles. The number of anilines is 1. The molecule has 6 nitrogen and oxygen atoms in total. The van der Waals surface area contributed by atoms with Gasteiger partial charge in [-0.25, -0.2) is 4.98 Å². The fourth-order valence-electron chi connectivity index (χ4n) is 2.47. The predicted octanol–water partition coefficient (Wildman–Crippen LogP) is 1.44. The van der Waals surface area contributed by atoms with Crippen molar-refractivity contribution in [2.45, 2.75) is 26.3 Å². The second kappa shape index (κ2) is 9.76. The van der Waals surface area contributed by atoms with Crippen LogP contribution in [0.1, 0.15) is 19.8 Å². The maximum Gasteiger partial charge on any atom is 0.202 e. The Labute approximate surface area is 127 Å². The van der Waals surface area contributed by atoms with E-state index in [1.165, 1.54) is 0 Å². The number of morpholine rings is 1. The van der Waals surface area contributed by atoms with Gasteiger partial charge < -0.3 is 19.4 Å². The van der Waals surface area contributed by atoms with Crippen molar-refractivity contribution in [3.8, 4) is 0 Å². The molecule has 2 rings (SSSR count). The van der Waals surface area contributed by atoms with E-state index < -0.39 is 0 Å². The van der Waals surface area contributed by atoms with Crippen molar-refractivity contribution in [2.24, 2.45) is 0 Å². The molecule has 1 fully saturated rings. The van der Waals surface area contributed by atoms with E-state index in [-0.39, 0.29) is 0 Å². The molecule has 1 aliphatic rings. The van der Waals surface area contributed by atoms with E-state index in [1.54, 1.807) is 0 Å². The Morgan fingerprint density at radius 2 is 2.14 bits per heavy atom. The summed E-state index contributed by atoms with van der Waals surface area (Å²) in [5.41, 5.74) is 0. The highest BCUT2D eigenvalue weighted by atomic mass is 16.5. The average Bonchev–Trinajstić information content (AvgIpc) is 2.97. The van der Waals surface area contributed by atoms with Crippen LogP contribution in [0.4, 0.5) is 5.95 Å². The molecule has 21 heavy (non-hydrogen) atoms. The summed E-state index contributed by atoms with van der Waals surface area (Å²) in [5, 5.41) is 3.43. The van der Waals surface area contributed by atoms with Gasteiger partial charge in [0.1, 0.15) is 0 Å². The lowest BCUT2D eigenvalue weighted by molar-refractivity contribution is 0.0378. The molecule has 0 amide bonds. The molecule has 0 atom stereocenters. The molecule has 6 heteroatoms. The fourth-order valence-corrected chi connectivity index (χ4v) is 2.47. The van der Waals surface area contributed by atoms with Crippen molar-refractivity contribution >= 4 is 5.95 Å². The summed E-state index contributed by atoms with van der Waals surface area (Å²) in [6, 6.07) is 0. The van der Waals surface area contributed by atoms with Crippen molar-refractivity contribution in [2.75, 3.05) is 57.9 Å². The molecule has 2 heterocycles. The minimum atomic E-state index is 0.788. The normalized spacial score (nSPS) is 16.2. The first kappa shape index (κ1) is 16.3. The van der Waals surface area contributed by atoms with E-state index in [1.807, 2.05) is 19.3 Å². The summed E-state index contributed by atoms with van der Waals surface area (Å²) in [5.74, 6) is 0.966. The van der Waals surface area contributed by atoms with Gasteiger partial charge in [-0.05, 0) is 26.3 Å². The molecule has 0 aliphatic carbocycles. The van der Waals surface area contributed by atoms with Crippen LogP contribution >= 0.6 is 0 Å². The van der Waals surface area contributed by atoms with Gasteiger partial charge in [-0.3, -0.25) is 4.90 Å². The lowest BCUT2D eigenvalue weighted by atomic mass is 10.3. The number of ether oxygens (including phenoxy) is 2. The van der Waals surface area contributed by atoms with Crippen LogP contribution in [0.2, 0.25) is 0 Å². The van der Waals surface area contributed by atoms with Crippen LogP contribution in [-0.2, 0) is 16.0 Å². The Morgan fingerprint density at radius 3 is 2.95 bits per heavy atom. The van der Waals surface area contributed by atoms with Crippen molar-refractivity contribution < 1.29 is 9.47 Å². The third kappa shape index (κ3) is 6.03. The van der Waals surface area contributed by atoms with Gasteiger partial charge >= 0.3 is 0 Å². The minimum Gasteiger partial charge on any atom is -0.382 e. The van der Waals surface area contributed by atoms with Crippen LogP contribution in [0.15, 0.2) is 12.4 Å². The number of hydrogen-bond acceptors (Lipinski definition) is 5. The first-order chi connectivity index (χ1) is 10.4. The monoisotopic (exact) mass is 296 g/mol. The van der Waals surface area contributed by atoms with Gasteiger partial charge in [0.05, 0.1) is 13.2 Å². The maximum atomic E-state index is 5.37. The largest absolute Gasteiger partial charge is 0.382 e. The van der Waals surface area contributed by atoms with Crippen LogP contribution in [0, 0.1) is 0 Å². The highest BCUT2D eigenvalue weighted by Crippen LogP contribution is 2.06. The molecule has 0 radical (unpaired) electrons. The first-order valence-corrected chi connectivity index (χ1v) is 8.03. The second-order valence-corrected chi connectivity index (χ2v) is 5.23. The van der Waals surface area contributed by atoms with E-state index in [0.717, 1.165) is 77.9 Å². The third-order valence-electron chi connectivity index (χ3n) is 3.65. The van der Waals surface area contributed by atoms with E-state index >= 15 is 0 Å². The molecule has 0 bridgehead atoms.